The number of amides is 1. The molecule has 0 aromatic rings. The van der Waals surface area contributed by atoms with Gasteiger partial charge in [0.25, 0.3) is 0 Å². The molecule has 0 heterocycles. The normalized spacial score (nSPS) is 12.2. The van der Waals surface area contributed by atoms with Gasteiger partial charge in [0, 0.05) is 13.0 Å². The number of hydrogen-bond donors (Lipinski definition) is 1. The second-order valence-electron chi connectivity index (χ2n) is 10.2. The molecule has 1 atom stereocenters. The van der Waals surface area contributed by atoms with E-state index >= 15 is 0 Å². The van der Waals surface area contributed by atoms with Crippen LogP contribution < -0.4 is 5.32 Å². The fraction of sp³-hybridized carbons (Fsp3) is 0.966. The van der Waals surface area contributed by atoms with Gasteiger partial charge in [0.05, 0.1) is 0 Å². The quantitative estimate of drug-likeness (QED) is 0.141. The van der Waals surface area contributed by atoms with Gasteiger partial charge in [-0.05, 0) is 13.3 Å². The monoisotopic (exact) mass is 437 g/mol. The molecule has 1 amide bonds. The molecule has 0 saturated carbocycles. The van der Waals surface area contributed by atoms with Gasteiger partial charge in [-0.25, -0.2) is 0 Å². The molecule has 0 rings (SSSR count). The van der Waals surface area contributed by atoms with Crippen molar-refractivity contribution in [2.24, 2.45) is 0 Å². The zero-order valence-corrected chi connectivity index (χ0v) is 22.0. The van der Waals surface area contributed by atoms with Crippen LogP contribution in [-0.4, -0.2) is 11.9 Å². The van der Waals surface area contributed by atoms with E-state index in [0.29, 0.717) is 6.04 Å². The third kappa shape index (κ3) is 27.4. The number of carbonyl (C=O) groups excluding carboxylic acids is 1. The van der Waals surface area contributed by atoms with Crippen LogP contribution in [-0.2, 0) is 4.79 Å². The second kappa shape index (κ2) is 25.7. The molecule has 0 aliphatic heterocycles. The summed E-state index contributed by atoms with van der Waals surface area (Å²) < 4.78 is 0. The molecule has 0 radical (unpaired) electrons. The zero-order chi connectivity index (χ0) is 22.8. The molecular formula is C29H59NO. The van der Waals surface area contributed by atoms with Crippen molar-refractivity contribution in [1.82, 2.24) is 5.32 Å². The fourth-order valence-corrected chi connectivity index (χ4v) is 4.66. The maximum Gasteiger partial charge on any atom is 0.217 e. The summed E-state index contributed by atoms with van der Waals surface area (Å²) in [7, 11) is 0. The van der Waals surface area contributed by atoms with Crippen LogP contribution in [0.4, 0.5) is 0 Å². The van der Waals surface area contributed by atoms with Crippen molar-refractivity contribution in [2.45, 2.75) is 181 Å². The van der Waals surface area contributed by atoms with Crippen molar-refractivity contribution in [3.63, 3.8) is 0 Å². The first-order valence-corrected chi connectivity index (χ1v) is 14.4. The lowest BCUT2D eigenvalue weighted by Gasteiger charge is -2.11. The maximum absolute atomic E-state index is 11.0. The van der Waals surface area contributed by atoms with Crippen LogP contribution in [0.25, 0.3) is 0 Å². The van der Waals surface area contributed by atoms with Crippen LogP contribution in [0.15, 0.2) is 0 Å². The van der Waals surface area contributed by atoms with Crippen molar-refractivity contribution in [3.8, 4) is 0 Å². The number of rotatable bonds is 25. The third-order valence-electron chi connectivity index (χ3n) is 6.69. The van der Waals surface area contributed by atoms with Gasteiger partial charge in [-0.2, -0.15) is 0 Å². The minimum absolute atomic E-state index is 0.0987. The van der Waals surface area contributed by atoms with E-state index in [2.05, 4.69) is 19.2 Å². The Bertz CT molecular complexity index is 355. The van der Waals surface area contributed by atoms with E-state index in [9.17, 15) is 4.79 Å². The van der Waals surface area contributed by atoms with Crippen molar-refractivity contribution in [2.75, 3.05) is 0 Å². The first-order chi connectivity index (χ1) is 15.2. The molecule has 0 aromatic carbocycles. The van der Waals surface area contributed by atoms with Gasteiger partial charge in [0.15, 0.2) is 0 Å². The van der Waals surface area contributed by atoms with Crippen LogP contribution in [0.3, 0.4) is 0 Å². The molecule has 1 N–H and O–H groups in total. The van der Waals surface area contributed by atoms with Gasteiger partial charge in [0.1, 0.15) is 0 Å². The van der Waals surface area contributed by atoms with Gasteiger partial charge >= 0.3 is 0 Å². The molecule has 0 aliphatic carbocycles. The highest BCUT2D eigenvalue weighted by atomic mass is 16.1. The first kappa shape index (κ1) is 30.5. The lowest BCUT2D eigenvalue weighted by molar-refractivity contribution is -0.119. The standard InChI is InChI=1S/C29H59NO/c1-4-5-6-7-8-9-10-11-12-13-14-15-16-17-18-19-20-21-22-23-24-25-26-27-28(2)30-29(3)31/h28H,4-27H2,1-3H3,(H,30,31). The average molecular weight is 438 g/mol. The van der Waals surface area contributed by atoms with Crippen LogP contribution in [0.2, 0.25) is 0 Å². The predicted molar refractivity (Wildman–Crippen MR) is 140 cm³/mol. The summed E-state index contributed by atoms with van der Waals surface area (Å²) in [6.07, 6.45) is 34.1. The zero-order valence-electron chi connectivity index (χ0n) is 22.0. The third-order valence-corrected chi connectivity index (χ3v) is 6.69. The minimum Gasteiger partial charge on any atom is -0.354 e. The van der Waals surface area contributed by atoms with E-state index in [-0.39, 0.29) is 5.91 Å². The number of nitrogens with one attached hydrogen (secondary N) is 1. The van der Waals surface area contributed by atoms with E-state index in [0.717, 1.165) is 6.42 Å². The average Bonchev–Trinajstić information content (AvgIpc) is 2.73. The van der Waals surface area contributed by atoms with E-state index in [4.69, 9.17) is 0 Å². The van der Waals surface area contributed by atoms with E-state index in [1.807, 2.05) is 0 Å². The molecule has 1 unspecified atom stereocenters. The largest absolute Gasteiger partial charge is 0.354 e. The summed E-state index contributed by atoms with van der Waals surface area (Å²) >= 11 is 0. The maximum atomic E-state index is 11.0. The second-order valence-corrected chi connectivity index (χ2v) is 10.2. The fourth-order valence-electron chi connectivity index (χ4n) is 4.66. The molecule has 0 spiro atoms. The van der Waals surface area contributed by atoms with Crippen LogP contribution >= 0.6 is 0 Å². The molecule has 2 nitrogen and oxygen atoms in total. The Morgan fingerprint density at radius 3 is 1.03 bits per heavy atom. The predicted octanol–water partition coefficient (Wildman–Crippen LogP) is 9.89. The number of unbranched alkanes of at least 4 members (excludes halogenated alkanes) is 22. The summed E-state index contributed by atoms with van der Waals surface area (Å²) in [5, 5.41) is 2.97. The number of hydrogen-bond acceptors (Lipinski definition) is 1. The van der Waals surface area contributed by atoms with Crippen molar-refractivity contribution >= 4 is 5.91 Å². The Morgan fingerprint density at radius 1 is 0.516 bits per heavy atom. The molecule has 0 aromatic heterocycles. The molecule has 31 heavy (non-hydrogen) atoms. The molecule has 186 valence electrons. The summed E-state index contributed by atoms with van der Waals surface area (Å²) in [5.41, 5.74) is 0. The smallest absolute Gasteiger partial charge is 0.217 e. The molecule has 2 heteroatoms. The van der Waals surface area contributed by atoms with Crippen LogP contribution in [0.1, 0.15) is 175 Å². The molecular weight excluding hydrogens is 378 g/mol. The molecule has 0 aliphatic rings. The molecule has 0 bridgehead atoms. The van der Waals surface area contributed by atoms with Gasteiger partial charge < -0.3 is 5.32 Å². The summed E-state index contributed by atoms with van der Waals surface area (Å²) in [6.45, 7) is 6.02. The van der Waals surface area contributed by atoms with E-state index in [1.165, 1.54) is 148 Å². The van der Waals surface area contributed by atoms with Gasteiger partial charge in [-0.15, -0.1) is 0 Å². The Kier molecular flexibility index (Phi) is 25.3. The van der Waals surface area contributed by atoms with Gasteiger partial charge in [-0.3, -0.25) is 4.79 Å². The Labute approximate surface area is 197 Å². The first-order valence-electron chi connectivity index (χ1n) is 14.4. The van der Waals surface area contributed by atoms with Crippen molar-refractivity contribution in [1.29, 1.82) is 0 Å². The molecule has 0 fully saturated rings. The molecule has 0 saturated heterocycles. The van der Waals surface area contributed by atoms with Gasteiger partial charge in [0.2, 0.25) is 5.91 Å². The van der Waals surface area contributed by atoms with E-state index < -0.39 is 0 Å². The lowest BCUT2D eigenvalue weighted by atomic mass is 10.0. The van der Waals surface area contributed by atoms with Crippen molar-refractivity contribution < 1.29 is 4.79 Å². The Morgan fingerprint density at radius 2 is 0.774 bits per heavy atom. The summed E-state index contributed by atoms with van der Waals surface area (Å²) in [4.78, 5) is 11.0. The lowest BCUT2D eigenvalue weighted by Crippen LogP contribution is -2.30. The van der Waals surface area contributed by atoms with Crippen LogP contribution in [0, 0.1) is 0 Å². The highest BCUT2D eigenvalue weighted by Gasteiger charge is 2.02. The highest BCUT2D eigenvalue weighted by molar-refractivity contribution is 5.73. The summed E-state index contributed by atoms with van der Waals surface area (Å²) in [5.74, 6) is 0.0987. The highest BCUT2D eigenvalue weighted by Crippen LogP contribution is 2.15. The van der Waals surface area contributed by atoms with E-state index in [1.54, 1.807) is 6.92 Å². The number of carbonyl (C=O) groups is 1. The van der Waals surface area contributed by atoms with Crippen LogP contribution in [0.5, 0.6) is 0 Å². The van der Waals surface area contributed by atoms with Gasteiger partial charge in [-0.1, -0.05) is 155 Å². The summed E-state index contributed by atoms with van der Waals surface area (Å²) in [6, 6.07) is 0.340. The van der Waals surface area contributed by atoms with Crippen molar-refractivity contribution in [3.05, 3.63) is 0 Å². The minimum atomic E-state index is 0.0987. The SMILES string of the molecule is CCCCCCCCCCCCCCCCCCCCCCCCCC(C)NC(C)=O. The Hall–Kier alpha value is -0.530. The topological polar surface area (TPSA) is 29.1 Å². The Balaban J connectivity index is 3.06.